The van der Waals surface area contributed by atoms with E-state index in [1.165, 1.54) is 6.92 Å². The van der Waals surface area contributed by atoms with E-state index < -0.39 is 0 Å². The van der Waals surface area contributed by atoms with E-state index in [4.69, 9.17) is 4.74 Å². The number of carbonyl (C=O) groups excluding carboxylic acids is 1. The fraction of sp³-hybridized carbons (Fsp3) is 0.857. The van der Waals surface area contributed by atoms with E-state index in [9.17, 15) is 4.79 Å². The summed E-state index contributed by atoms with van der Waals surface area (Å²) < 4.78 is 5.06. The Morgan fingerprint density at radius 1 is 1.70 bits per heavy atom. The van der Waals surface area contributed by atoms with Crippen LogP contribution in [-0.2, 0) is 9.53 Å². The Morgan fingerprint density at radius 3 is 2.80 bits per heavy atom. The largest absolute Gasteiger partial charge is 0.461 e. The third-order valence-corrected chi connectivity index (χ3v) is 2.92. The van der Waals surface area contributed by atoms with Crippen molar-refractivity contribution in [3.05, 3.63) is 0 Å². The molecule has 2 atom stereocenters. The maximum Gasteiger partial charge on any atom is 0.302 e. The Bertz CT molecular complexity index is 136. The van der Waals surface area contributed by atoms with E-state index in [-0.39, 0.29) is 12.1 Å². The second kappa shape index (κ2) is 3.28. The molecule has 0 radical (unpaired) electrons. The van der Waals surface area contributed by atoms with E-state index in [1.807, 2.05) is 11.8 Å². The van der Waals surface area contributed by atoms with Crippen molar-refractivity contribution in [1.29, 1.82) is 0 Å². The minimum Gasteiger partial charge on any atom is -0.461 e. The molecule has 0 aromatic heterocycles. The molecule has 58 valence electrons. The topological polar surface area (TPSA) is 26.3 Å². The lowest BCUT2D eigenvalue weighted by Crippen LogP contribution is -2.21. The van der Waals surface area contributed by atoms with Gasteiger partial charge in [0.1, 0.15) is 6.10 Å². The lowest BCUT2D eigenvalue weighted by Gasteiger charge is -2.13. The van der Waals surface area contributed by atoms with Gasteiger partial charge in [0, 0.05) is 12.2 Å². The zero-order valence-corrected chi connectivity index (χ0v) is 7.11. The minimum atomic E-state index is -0.153. The molecular weight excluding hydrogens is 148 g/mol. The SMILES string of the molecule is CC(=O)OC1CCSC1C. The summed E-state index contributed by atoms with van der Waals surface area (Å²) >= 11 is 1.87. The summed E-state index contributed by atoms with van der Waals surface area (Å²) in [7, 11) is 0. The molecule has 0 N–H and O–H groups in total. The smallest absolute Gasteiger partial charge is 0.302 e. The number of hydrogen-bond donors (Lipinski definition) is 0. The molecule has 1 aliphatic rings. The average Bonchev–Trinajstić information content (AvgIpc) is 2.15. The van der Waals surface area contributed by atoms with E-state index in [1.54, 1.807) is 0 Å². The normalized spacial score (nSPS) is 32.2. The van der Waals surface area contributed by atoms with E-state index in [2.05, 4.69) is 6.92 Å². The molecule has 0 spiro atoms. The van der Waals surface area contributed by atoms with Crippen LogP contribution in [0.2, 0.25) is 0 Å². The van der Waals surface area contributed by atoms with Gasteiger partial charge >= 0.3 is 5.97 Å². The summed E-state index contributed by atoms with van der Waals surface area (Å²) in [6.45, 7) is 3.57. The van der Waals surface area contributed by atoms with Gasteiger partial charge < -0.3 is 4.74 Å². The first kappa shape index (κ1) is 7.92. The molecule has 1 heterocycles. The number of ether oxygens (including phenoxy) is 1. The van der Waals surface area contributed by atoms with Gasteiger partial charge in [0.2, 0.25) is 0 Å². The second-order valence-electron chi connectivity index (χ2n) is 2.51. The molecule has 2 unspecified atom stereocenters. The highest BCUT2D eigenvalue weighted by Gasteiger charge is 2.26. The number of thioether (sulfide) groups is 1. The number of rotatable bonds is 1. The third-order valence-electron chi connectivity index (χ3n) is 1.62. The van der Waals surface area contributed by atoms with Crippen LogP contribution in [-0.4, -0.2) is 23.1 Å². The number of esters is 1. The van der Waals surface area contributed by atoms with Crippen LogP contribution in [0.15, 0.2) is 0 Å². The number of hydrogen-bond acceptors (Lipinski definition) is 3. The molecular formula is C7H12O2S. The molecule has 1 rings (SSSR count). The summed E-state index contributed by atoms with van der Waals surface area (Å²) in [4.78, 5) is 10.5. The van der Waals surface area contributed by atoms with Crippen molar-refractivity contribution in [2.75, 3.05) is 5.75 Å². The zero-order valence-electron chi connectivity index (χ0n) is 6.29. The Hall–Kier alpha value is -0.180. The fourth-order valence-corrected chi connectivity index (χ4v) is 2.23. The molecule has 10 heavy (non-hydrogen) atoms. The van der Waals surface area contributed by atoms with Gasteiger partial charge in [0.25, 0.3) is 0 Å². The standard InChI is InChI=1S/C7H12O2S/c1-5-7(3-4-10-5)9-6(2)8/h5,7H,3-4H2,1-2H3. The molecule has 2 nitrogen and oxygen atoms in total. The van der Waals surface area contributed by atoms with Crippen LogP contribution in [0.4, 0.5) is 0 Å². The molecule has 0 aromatic carbocycles. The van der Waals surface area contributed by atoms with Crippen LogP contribution in [0, 0.1) is 0 Å². The van der Waals surface area contributed by atoms with Crippen molar-refractivity contribution >= 4 is 17.7 Å². The molecule has 1 fully saturated rings. The highest BCUT2D eigenvalue weighted by molar-refractivity contribution is 8.00. The zero-order chi connectivity index (χ0) is 7.56. The highest BCUT2D eigenvalue weighted by atomic mass is 32.2. The Balaban J connectivity index is 2.33. The van der Waals surface area contributed by atoms with Crippen molar-refractivity contribution in [3.63, 3.8) is 0 Å². The van der Waals surface area contributed by atoms with Crippen LogP contribution in [0.5, 0.6) is 0 Å². The Morgan fingerprint density at radius 2 is 2.40 bits per heavy atom. The molecule has 0 aromatic rings. The van der Waals surface area contributed by atoms with Crippen molar-refractivity contribution in [3.8, 4) is 0 Å². The van der Waals surface area contributed by atoms with E-state index in [0.717, 1.165) is 12.2 Å². The molecule has 0 amide bonds. The predicted molar refractivity (Wildman–Crippen MR) is 42.1 cm³/mol. The quantitative estimate of drug-likeness (QED) is 0.543. The van der Waals surface area contributed by atoms with Crippen molar-refractivity contribution in [2.24, 2.45) is 0 Å². The highest BCUT2D eigenvalue weighted by Crippen LogP contribution is 2.28. The summed E-state index contributed by atoms with van der Waals surface area (Å²) in [5.74, 6) is 0.971. The average molecular weight is 160 g/mol. The molecule has 0 aliphatic carbocycles. The van der Waals surface area contributed by atoms with Crippen molar-refractivity contribution < 1.29 is 9.53 Å². The Kier molecular flexibility index (Phi) is 2.60. The summed E-state index contributed by atoms with van der Waals surface area (Å²) in [6, 6.07) is 0. The van der Waals surface area contributed by atoms with Gasteiger partial charge in [-0.3, -0.25) is 4.79 Å². The second-order valence-corrected chi connectivity index (χ2v) is 4.00. The molecule has 0 saturated carbocycles. The molecule has 1 saturated heterocycles. The van der Waals surface area contributed by atoms with Gasteiger partial charge in [-0.2, -0.15) is 11.8 Å². The van der Waals surface area contributed by atoms with Gasteiger partial charge in [0.05, 0.1) is 0 Å². The van der Waals surface area contributed by atoms with Crippen LogP contribution >= 0.6 is 11.8 Å². The molecule has 0 bridgehead atoms. The monoisotopic (exact) mass is 160 g/mol. The van der Waals surface area contributed by atoms with Gasteiger partial charge in [-0.1, -0.05) is 0 Å². The van der Waals surface area contributed by atoms with Crippen LogP contribution in [0.25, 0.3) is 0 Å². The van der Waals surface area contributed by atoms with Crippen LogP contribution in [0.3, 0.4) is 0 Å². The first-order valence-corrected chi connectivity index (χ1v) is 4.54. The summed E-state index contributed by atoms with van der Waals surface area (Å²) in [5, 5.41) is 0.490. The van der Waals surface area contributed by atoms with Gasteiger partial charge in [-0.05, 0) is 19.1 Å². The maximum atomic E-state index is 10.5. The van der Waals surface area contributed by atoms with E-state index in [0.29, 0.717) is 5.25 Å². The molecule has 1 aliphatic heterocycles. The summed E-state index contributed by atoms with van der Waals surface area (Å²) in [5.41, 5.74) is 0. The molecule has 3 heteroatoms. The lowest BCUT2D eigenvalue weighted by molar-refractivity contribution is -0.145. The minimum absolute atomic E-state index is 0.153. The van der Waals surface area contributed by atoms with Gasteiger partial charge in [-0.15, -0.1) is 0 Å². The lowest BCUT2D eigenvalue weighted by atomic mass is 10.2. The predicted octanol–water partition coefficient (Wildman–Crippen LogP) is 1.44. The van der Waals surface area contributed by atoms with E-state index >= 15 is 0 Å². The van der Waals surface area contributed by atoms with Gasteiger partial charge in [0.15, 0.2) is 0 Å². The van der Waals surface area contributed by atoms with Crippen LogP contribution < -0.4 is 0 Å². The van der Waals surface area contributed by atoms with Crippen molar-refractivity contribution in [2.45, 2.75) is 31.6 Å². The first-order chi connectivity index (χ1) is 4.70. The number of carbonyl (C=O) groups is 1. The van der Waals surface area contributed by atoms with Crippen LogP contribution in [0.1, 0.15) is 20.3 Å². The maximum absolute atomic E-state index is 10.5. The fourth-order valence-electron chi connectivity index (χ4n) is 1.08. The third kappa shape index (κ3) is 1.90. The Labute approximate surface area is 65.3 Å². The van der Waals surface area contributed by atoms with Crippen molar-refractivity contribution in [1.82, 2.24) is 0 Å². The summed E-state index contributed by atoms with van der Waals surface area (Å²) in [6.07, 6.45) is 1.19. The van der Waals surface area contributed by atoms with Gasteiger partial charge in [-0.25, -0.2) is 0 Å². The first-order valence-electron chi connectivity index (χ1n) is 3.49.